The lowest BCUT2D eigenvalue weighted by atomic mass is 10.1. The fourth-order valence-corrected chi connectivity index (χ4v) is 1.47. The summed E-state index contributed by atoms with van der Waals surface area (Å²) in [5.41, 5.74) is 0.0770. The molecule has 0 aliphatic heterocycles. The van der Waals surface area contributed by atoms with E-state index in [2.05, 4.69) is 9.97 Å². The molecular weight excluding hydrogens is 236 g/mol. The molecule has 0 aromatic carbocycles. The lowest BCUT2D eigenvalue weighted by Crippen LogP contribution is -2.09. The number of carboxylic acids is 2. The number of carbonyl (C=O) groups is 2. The first-order valence-corrected chi connectivity index (χ1v) is 4.98. The third-order valence-electron chi connectivity index (χ3n) is 2.26. The van der Waals surface area contributed by atoms with E-state index in [0.29, 0.717) is 5.69 Å². The van der Waals surface area contributed by atoms with Crippen molar-refractivity contribution in [3.05, 3.63) is 47.9 Å². The first kappa shape index (κ1) is 11.7. The molecule has 0 amide bonds. The molecule has 0 fully saturated rings. The summed E-state index contributed by atoms with van der Waals surface area (Å²) in [6, 6.07) is 7.67. The zero-order valence-corrected chi connectivity index (χ0v) is 9.07. The largest absolute Gasteiger partial charge is 0.477 e. The van der Waals surface area contributed by atoms with E-state index in [4.69, 9.17) is 10.2 Å². The summed E-state index contributed by atoms with van der Waals surface area (Å²) in [5.74, 6) is -2.57. The van der Waals surface area contributed by atoms with Crippen LogP contribution >= 0.6 is 0 Å². The third kappa shape index (κ3) is 2.17. The molecule has 0 saturated heterocycles. The Hall–Kier alpha value is -2.76. The zero-order chi connectivity index (χ0) is 13.1. The van der Waals surface area contributed by atoms with Crippen LogP contribution in [0.2, 0.25) is 0 Å². The van der Waals surface area contributed by atoms with Crippen LogP contribution in [0.1, 0.15) is 21.0 Å². The van der Waals surface area contributed by atoms with Crippen molar-refractivity contribution in [3.8, 4) is 11.3 Å². The predicted octanol–water partition coefficient (Wildman–Crippen LogP) is 1.54. The van der Waals surface area contributed by atoms with Gasteiger partial charge in [-0.2, -0.15) is 0 Å². The predicted molar refractivity (Wildman–Crippen MR) is 61.4 cm³/mol. The van der Waals surface area contributed by atoms with E-state index in [1.807, 2.05) is 0 Å². The van der Waals surface area contributed by atoms with E-state index < -0.39 is 11.9 Å². The number of hydrogen-bond donors (Lipinski definition) is 2. The Morgan fingerprint density at radius 1 is 1.00 bits per heavy atom. The first-order valence-electron chi connectivity index (χ1n) is 4.98. The van der Waals surface area contributed by atoms with Gasteiger partial charge >= 0.3 is 11.9 Å². The Bertz CT molecular complexity index is 611. The summed E-state index contributed by atoms with van der Waals surface area (Å²) < 4.78 is 0. The van der Waals surface area contributed by atoms with Gasteiger partial charge in [0.05, 0.1) is 5.69 Å². The van der Waals surface area contributed by atoms with Gasteiger partial charge in [0.2, 0.25) is 0 Å². The topological polar surface area (TPSA) is 100 Å². The Balaban J connectivity index is 2.61. The van der Waals surface area contributed by atoms with E-state index in [9.17, 15) is 9.59 Å². The van der Waals surface area contributed by atoms with Crippen LogP contribution in [0.25, 0.3) is 11.3 Å². The molecular formula is C12H8N2O4. The second kappa shape index (κ2) is 4.62. The van der Waals surface area contributed by atoms with Crippen LogP contribution in [0.4, 0.5) is 0 Å². The van der Waals surface area contributed by atoms with Gasteiger partial charge in [0.1, 0.15) is 5.69 Å². The highest BCUT2D eigenvalue weighted by Gasteiger charge is 2.17. The van der Waals surface area contributed by atoms with Gasteiger partial charge in [0, 0.05) is 11.8 Å². The standard InChI is InChI=1S/C12H8N2O4/c15-11(16)9-5-4-7(10(14-9)12(17)18)8-3-1-2-6-13-8/h1-6H,(H,15,16)(H,17,18). The molecule has 0 aliphatic rings. The molecule has 0 bridgehead atoms. The molecule has 0 unspecified atom stereocenters. The molecule has 6 nitrogen and oxygen atoms in total. The van der Waals surface area contributed by atoms with Crippen LogP contribution in [-0.4, -0.2) is 32.1 Å². The van der Waals surface area contributed by atoms with Crippen LogP contribution in [0.5, 0.6) is 0 Å². The van der Waals surface area contributed by atoms with Crippen LogP contribution < -0.4 is 0 Å². The second-order valence-corrected chi connectivity index (χ2v) is 3.42. The number of pyridine rings is 2. The molecule has 0 saturated carbocycles. The molecule has 6 heteroatoms. The van der Waals surface area contributed by atoms with Crippen molar-refractivity contribution >= 4 is 11.9 Å². The average Bonchev–Trinajstić information content (AvgIpc) is 2.39. The maximum Gasteiger partial charge on any atom is 0.355 e. The molecule has 0 spiro atoms. The van der Waals surface area contributed by atoms with Gasteiger partial charge in [-0.15, -0.1) is 0 Å². The molecule has 18 heavy (non-hydrogen) atoms. The van der Waals surface area contributed by atoms with E-state index >= 15 is 0 Å². The van der Waals surface area contributed by atoms with Gasteiger partial charge in [-0.1, -0.05) is 6.07 Å². The minimum Gasteiger partial charge on any atom is -0.477 e. The number of rotatable bonds is 3. The number of carboxylic acid groups (broad SMARTS) is 2. The van der Waals surface area contributed by atoms with Crippen molar-refractivity contribution in [1.29, 1.82) is 0 Å². The van der Waals surface area contributed by atoms with E-state index in [1.54, 1.807) is 18.2 Å². The second-order valence-electron chi connectivity index (χ2n) is 3.42. The van der Waals surface area contributed by atoms with Crippen LogP contribution in [-0.2, 0) is 0 Å². The Morgan fingerprint density at radius 2 is 1.78 bits per heavy atom. The lowest BCUT2D eigenvalue weighted by molar-refractivity contribution is 0.0686. The minimum atomic E-state index is -1.29. The van der Waals surface area contributed by atoms with Crippen molar-refractivity contribution in [2.45, 2.75) is 0 Å². The monoisotopic (exact) mass is 244 g/mol. The lowest BCUT2D eigenvalue weighted by Gasteiger charge is -2.05. The zero-order valence-electron chi connectivity index (χ0n) is 9.07. The van der Waals surface area contributed by atoms with E-state index in [0.717, 1.165) is 0 Å². The Kier molecular flexibility index (Phi) is 3.01. The summed E-state index contributed by atoms with van der Waals surface area (Å²) in [4.78, 5) is 29.5. The summed E-state index contributed by atoms with van der Waals surface area (Å²) in [6.07, 6.45) is 1.52. The first-order chi connectivity index (χ1) is 8.59. The van der Waals surface area contributed by atoms with Gasteiger partial charge < -0.3 is 10.2 Å². The van der Waals surface area contributed by atoms with Gasteiger partial charge in [-0.3, -0.25) is 4.98 Å². The van der Waals surface area contributed by atoms with Crippen LogP contribution in [0, 0.1) is 0 Å². The van der Waals surface area contributed by atoms with Crippen molar-refractivity contribution in [3.63, 3.8) is 0 Å². The molecule has 2 heterocycles. The summed E-state index contributed by atoms with van der Waals surface area (Å²) >= 11 is 0. The highest BCUT2D eigenvalue weighted by atomic mass is 16.4. The smallest absolute Gasteiger partial charge is 0.355 e. The van der Waals surface area contributed by atoms with Crippen LogP contribution in [0.15, 0.2) is 36.5 Å². The quantitative estimate of drug-likeness (QED) is 0.849. The van der Waals surface area contributed by atoms with E-state index in [1.165, 1.54) is 18.3 Å². The molecule has 2 aromatic rings. The normalized spacial score (nSPS) is 10.0. The summed E-state index contributed by atoms with van der Waals surface area (Å²) in [6.45, 7) is 0. The number of nitrogens with zero attached hydrogens (tertiary/aromatic N) is 2. The van der Waals surface area contributed by atoms with E-state index in [-0.39, 0.29) is 17.0 Å². The van der Waals surface area contributed by atoms with Crippen molar-refractivity contribution in [2.75, 3.05) is 0 Å². The number of aromatic carboxylic acids is 2. The maximum atomic E-state index is 11.1. The number of hydrogen-bond acceptors (Lipinski definition) is 4. The number of aromatic nitrogens is 2. The Labute approximate surface area is 102 Å². The van der Waals surface area contributed by atoms with Gasteiger partial charge in [-0.25, -0.2) is 14.6 Å². The van der Waals surface area contributed by atoms with Crippen LogP contribution in [0.3, 0.4) is 0 Å². The van der Waals surface area contributed by atoms with Crippen molar-refractivity contribution in [2.24, 2.45) is 0 Å². The Morgan fingerprint density at radius 3 is 2.33 bits per heavy atom. The third-order valence-corrected chi connectivity index (χ3v) is 2.26. The van der Waals surface area contributed by atoms with Gasteiger partial charge in [0.25, 0.3) is 0 Å². The molecule has 0 aliphatic carbocycles. The summed E-state index contributed by atoms with van der Waals surface area (Å²) in [7, 11) is 0. The average molecular weight is 244 g/mol. The fourth-order valence-electron chi connectivity index (χ4n) is 1.47. The minimum absolute atomic E-state index is 0.285. The van der Waals surface area contributed by atoms with Crippen molar-refractivity contribution in [1.82, 2.24) is 9.97 Å². The van der Waals surface area contributed by atoms with Gasteiger partial charge in [-0.05, 0) is 24.3 Å². The molecule has 0 radical (unpaired) electrons. The molecule has 2 rings (SSSR count). The van der Waals surface area contributed by atoms with Crippen molar-refractivity contribution < 1.29 is 19.8 Å². The summed E-state index contributed by atoms with van der Waals surface area (Å²) in [5, 5.41) is 17.8. The molecule has 90 valence electrons. The molecule has 2 N–H and O–H groups in total. The van der Waals surface area contributed by atoms with Gasteiger partial charge in [0.15, 0.2) is 5.69 Å². The molecule has 2 aromatic heterocycles. The highest BCUT2D eigenvalue weighted by molar-refractivity contribution is 5.95. The molecule has 0 atom stereocenters. The SMILES string of the molecule is O=C(O)c1ccc(-c2ccccn2)c(C(=O)O)n1. The maximum absolute atomic E-state index is 11.1. The fraction of sp³-hybridized carbons (Fsp3) is 0. The highest BCUT2D eigenvalue weighted by Crippen LogP contribution is 2.20.